The Labute approximate surface area is 140 Å². The summed E-state index contributed by atoms with van der Waals surface area (Å²) >= 11 is 0. The van der Waals surface area contributed by atoms with Crippen LogP contribution in [0.2, 0.25) is 0 Å². The van der Waals surface area contributed by atoms with E-state index in [1.807, 2.05) is 43.3 Å². The summed E-state index contributed by atoms with van der Waals surface area (Å²) in [5.74, 6) is 1.12. The number of furan rings is 1. The fraction of sp³-hybridized carbons (Fsp3) is 0.167. The molecule has 2 heterocycles. The molecule has 0 spiro atoms. The predicted octanol–water partition coefficient (Wildman–Crippen LogP) is 2.92. The van der Waals surface area contributed by atoms with Gasteiger partial charge in [0.25, 0.3) is 5.91 Å². The Morgan fingerprint density at radius 2 is 1.96 bits per heavy atom. The lowest BCUT2D eigenvalue weighted by Gasteiger charge is -2.07. The number of aromatic nitrogens is 2. The maximum absolute atomic E-state index is 12.2. The summed E-state index contributed by atoms with van der Waals surface area (Å²) in [6, 6.07) is 13.3. The molecule has 0 radical (unpaired) electrons. The van der Waals surface area contributed by atoms with Gasteiger partial charge in [0.15, 0.2) is 0 Å². The van der Waals surface area contributed by atoms with Crippen LogP contribution in [0.5, 0.6) is 0 Å². The van der Waals surface area contributed by atoms with Crippen molar-refractivity contribution >= 4 is 11.7 Å². The van der Waals surface area contributed by atoms with Gasteiger partial charge in [0, 0.05) is 12.6 Å². The second kappa shape index (κ2) is 7.41. The van der Waals surface area contributed by atoms with Crippen LogP contribution in [0.3, 0.4) is 0 Å². The van der Waals surface area contributed by atoms with Crippen molar-refractivity contribution < 1.29 is 9.21 Å². The van der Waals surface area contributed by atoms with Crippen LogP contribution >= 0.6 is 0 Å². The number of carbonyl (C=O) groups excluding carboxylic acids is 1. The minimum Gasteiger partial charge on any atom is -0.467 e. The van der Waals surface area contributed by atoms with Crippen LogP contribution in [0.15, 0.2) is 59.5 Å². The molecule has 24 heavy (non-hydrogen) atoms. The van der Waals surface area contributed by atoms with Gasteiger partial charge in [-0.3, -0.25) is 4.79 Å². The summed E-state index contributed by atoms with van der Waals surface area (Å²) < 4.78 is 5.24. The van der Waals surface area contributed by atoms with Crippen molar-refractivity contribution in [2.24, 2.45) is 0 Å². The zero-order valence-electron chi connectivity index (χ0n) is 13.3. The fourth-order valence-corrected chi connectivity index (χ4v) is 2.15. The summed E-state index contributed by atoms with van der Waals surface area (Å²) in [7, 11) is 0. The van der Waals surface area contributed by atoms with Gasteiger partial charge < -0.3 is 15.1 Å². The molecule has 1 amide bonds. The van der Waals surface area contributed by atoms with Gasteiger partial charge in [0.05, 0.1) is 12.8 Å². The predicted molar refractivity (Wildman–Crippen MR) is 90.4 cm³/mol. The first-order valence-corrected chi connectivity index (χ1v) is 7.63. The first-order chi connectivity index (χ1) is 11.7. The summed E-state index contributed by atoms with van der Waals surface area (Å²) in [6.07, 6.45) is 2.98. The van der Waals surface area contributed by atoms with Crippen molar-refractivity contribution in [2.75, 3.05) is 5.32 Å². The molecule has 0 aliphatic carbocycles. The van der Waals surface area contributed by atoms with E-state index in [4.69, 9.17) is 4.42 Å². The van der Waals surface area contributed by atoms with Crippen LogP contribution in [0.25, 0.3) is 0 Å². The quantitative estimate of drug-likeness (QED) is 0.729. The van der Waals surface area contributed by atoms with E-state index >= 15 is 0 Å². The molecule has 0 atom stereocenters. The molecule has 0 saturated carbocycles. The van der Waals surface area contributed by atoms with Gasteiger partial charge in [0.1, 0.15) is 23.6 Å². The minimum absolute atomic E-state index is 0.237. The first-order valence-electron chi connectivity index (χ1n) is 7.63. The summed E-state index contributed by atoms with van der Waals surface area (Å²) in [4.78, 5) is 20.4. The molecule has 0 fully saturated rings. The van der Waals surface area contributed by atoms with E-state index in [1.165, 1.54) is 11.9 Å². The normalized spacial score (nSPS) is 10.4. The van der Waals surface area contributed by atoms with E-state index in [0.717, 1.165) is 11.3 Å². The largest absolute Gasteiger partial charge is 0.467 e. The number of nitrogens with zero attached hydrogens (tertiary/aromatic N) is 2. The second-order valence-corrected chi connectivity index (χ2v) is 5.39. The number of hydrogen-bond acceptors (Lipinski definition) is 5. The highest BCUT2D eigenvalue weighted by atomic mass is 16.3. The number of anilines is 1. The van der Waals surface area contributed by atoms with Crippen LogP contribution in [-0.2, 0) is 13.1 Å². The Bertz CT molecular complexity index is 798. The molecule has 122 valence electrons. The Hall–Kier alpha value is -3.15. The highest BCUT2D eigenvalue weighted by Gasteiger charge is 2.09. The number of amides is 1. The molecule has 2 aromatic heterocycles. The molecule has 3 rings (SSSR count). The van der Waals surface area contributed by atoms with E-state index in [2.05, 4.69) is 20.6 Å². The van der Waals surface area contributed by atoms with Gasteiger partial charge in [0.2, 0.25) is 0 Å². The van der Waals surface area contributed by atoms with Crippen molar-refractivity contribution in [1.82, 2.24) is 15.3 Å². The minimum atomic E-state index is -0.237. The zero-order valence-corrected chi connectivity index (χ0v) is 13.3. The van der Waals surface area contributed by atoms with Gasteiger partial charge in [-0.05, 0) is 24.6 Å². The molecule has 6 nitrogen and oxygen atoms in total. The van der Waals surface area contributed by atoms with Gasteiger partial charge in [-0.2, -0.15) is 0 Å². The molecule has 0 saturated heterocycles. The molecule has 0 bridgehead atoms. The smallest absolute Gasteiger partial charge is 0.270 e. The lowest BCUT2D eigenvalue weighted by atomic mass is 10.1. The maximum Gasteiger partial charge on any atom is 0.270 e. The third kappa shape index (κ3) is 4.19. The summed E-state index contributed by atoms with van der Waals surface area (Å²) in [6.45, 7) is 2.98. The number of aryl methyl sites for hydroxylation is 1. The number of hydrogen-bond donors (Lipinski definition) is 2. The first kappa shape index (κ1) is 15.7. The molecular weight excluding hydrogens is 304 g/mol. The maximum atomic E-state index is 12.2. The lowest BCUT2D eigenvalue weighted by Crippen LogP contribution is -2.24. The lowest BCUT2D eigenvalue weighted by molar-refractivity contribution is 0.0946. The standard InChI is InChI=1S/C18H18N4O2/c1-13-4-6-14(7-5-13)10-20-18(23)16-9-17(22-12-21-16)19-11-15-3-2-8-24-15/h2-9,12H,10-11H2,1H3,(H,20,23)(H,19,21,22). The highest BCUT2D eigenvalue weighted by Crippen LogP contribution is 2.08. The van der Waals surface area contributed by atoms with Crippen LogP contribution < -0.4 is 10.6 Å². The monoisotopic (exact) mass is 322 g/mol. The Balaban J connectivity index is 1.58. The SMILES string of the molecule is Cc1ccc(CNC(=O)c2cc(NCc3ccco3)ncn2)cc1. The van der Waals surface area contributed by atoms with Gasteiger partial charge >= 0.3 is 0 Å². The van der Waals surface area contributed by atoms with E-state index in [0.29, 0.717) is 24.6 Å². The fourth-order valence-electron chi connectivity index (χ4n) is 2.15. The van der Waals surface area contributed by atoms with E-state index in [1.54, 1.807) is 12.3 Å². The Morgan fingerprint density at radius 1 is 1.12 bits per heavy atom. The van der Waals surface area contributed by atoms with Crippen molar-refractivity contribution in [3.63, 3.8) is 0 Å². The molecule has 1 aromatic carbocycles. The zero-order chi connectivity index (χ0) is 16.8. The molecular formula is C18H18N4O2. The highest BCUT2D eigenvalue weighted by molar-refractivity contribution is 5.92. The average molecular weight is 322 g/mol. The second-order valence-electron chi connectivity index (χ2n) is 5.39. The van der Waals surface area contributed by atoms with E-state index in [9.17, 15) is 4.79 Å². The number of nitrogens with one attached hydrogen (secondary N) is 2. The van der Waals surface area contributed by atoms with Gasteiger partial charge in [-0.25, -0.2) is 9.97 Å². The molecule has 0 aliphatic heterocycles. The van der Waals surface area contributed by atoms with Gasteiger partial charge in [-0.15, -0.1) is 0 Å². The third-order valence-corrected chi connectivity index (χ3v) is 3.50. The van der Waals surface area contributed by atoms with Crippen molar-refractivity contribution in [1.29, 1.82) is 0 Å². The van der Waals surface area contributed by atoms with Crippen molar-refractivity contribution in [3.05, 3.63) is 77.6 Å². The molecule has 3 aromatic rings. The van der Waals surface area contributed by atoms with Crippen molar-refractivity contribution in [3.8, 4) is 0 Å². The molecule has 0 unspecified atom stereocenters. The Kier molecular flexibility index (Phi) is 4.86. The molecule has 2 N–H and O–H groups in total. The van der Waals surface area contributed by atoms with Crippen LogP contribution in [0.1, 0.15) is 27.4 Å². The van der Waals surface area contributed by atoms with Gasteiger partial charge in [-0.1, -0.05) is 29.8 Å². The molecule has 0 aliphatic rings. The summed E-state index contributed by atoms with van der Waals surface area (Å²) in [5.41, 5.74) is 2.55. The van der Waals surface area contributed by atoms with Crippen LogP contribution in [-0.4, -0.2) is 15.9 Å². The van der Waals surface area contributed by atoms with E-state index < -0.39 is 0 Å². The Morgan fingerprint density at radius 3 is 2.71 bits per heavy atom. The average Bonchev–Trinajstić information content (AvgIpc) is 3.13. The summed E-state index contributed by atoms with van der Waals surface area (Å²) in [5, 5.41) is 5.95. The number of carbonyl (C=O) groups is 1. The van der Waals surface area contributed by atoms with Crippen LogP contribution in [0.4, 0.5) is 5.82 Å². The third-order valence-electron chi connectivity index (χ3n) is 3.50. The van der Waals surface area contributed by atoms with Crippen molar-refractivity contribution in [2.45, 2.75) is 20.0 Å². The number of benzene rings is 1. The van der Waals surface area contributed by atoms with Crippen LogP contribution in [0, 0.1) is 6.92 Å². The number of rotatable bonds is 6. The topological polar surface area (TPSA) is 80.0 Å². The molecule has 6 heteroatoms. The van der Waals surface area contributed by atoms with E-state index in [-0.39, 0.29) is 5.91 Å².